The molecule has 1 N–H and O–H groups in total. The van der Waals surface area contributed by atoms with Crippen LogP contribution in [0.3, 0.4) is 0 Å². The average molecular weight is 294 g/mol. The van der Waals surface area contributed by atoms with E-state index < -0.39 is 0 Å². The summed E-state index contributed by atoms with van der Waals surface area (Å²) in [5.41, 5.74) is 4.04. The van der Waals surface area contributed by atoms with Gasteiger partial charge in [0.05, 0.1) is 5.60 Å². The molecule has 0 amide bonds. The first kappa shape index (κ1) is 11.9. The lowest BCUT2D eigenvalue weighted by Crippen LogP contribution is -2.78. The van der Waals surface area contributed by atoms with E-state index in [1.807, 2.05) is 0 Å². The zero-order chi connectivity index (χ0) is 14.3. The zero-order valence-corrected chi connectivity index (χ0v) is 13.4. The van der Waals surface area contributed by atoms with Crippen molar-refractivity contribution in [1.82, 2.24) is 0 Å². The summed E-state index contributed by atoms with van der Waals surface area (Å²) >= 11 is 0. The van der Waals surface area contributed by atoms with Gasteiger partial charge in [-0.25, -0.2) is 0 Å². The molecular formula is C21H26O. The fraction of sp³-hybridized carbons (Fsp3) is 0.810. The minimum Gasteiger partial charge on any atom is -0.389 e. The second kappa shape index (κ2) is 3.16. The van der Waals surface area contributed by atoms with Gasteiger partial charge in [-0.2, -0.15) is 0 Å². The smallest absolute Gasteiger partial charge is 0.0758 e. The molecule has 0 saturated heterocycles. The van der Waals surface area contributed by atoms with Gasteiger partial charge in [0.15, 0.2) is 0 Å². The predicted molar refractivity (Wildman–Crippen MR) is 85.0 cm³/mol. The van der Waals surface area contributed by atoms with Crippen LogP contribution in [-0.2, 0) is 0 Å². The Labute approximate surface area is 132 Å². The summed E-state index contributed by atoms with van der Waals surface area (Å²) in [6.07, 6.45) is 17.6. The van der Waals surface area contributed by atoms with Gasteiger partial charge in [-0.3, -0.25) is 0 Å². The third-order valence-corrected chi connectivity index (χ3v) is 9.67. The van der Waals surface area contributed by atoms with E-state index in [2.05, 4.69) is 12.2 Å². The Hall–Kier alpha value is -0.560. The van der Waals surface area contributed by atoms with E-state index in [0.29, 0.717) is 22.7 Å². The first-order valence-corrected chi connectivity index (χ1v) is 9.87. The molecule has 0 aromatic rings. The molecule has 0 heterocycles. The highest BCUT2D eigenvalue weighted by atomic mass is 16.3. The molecule has 8 aliphatic carbocycles. The average Bonchev–Trinajstić information content (AvgIpc) is 2.70. The first-order valence-electron chi connectivity index (χ1n) is 9.87. The summed E-state index contributed by atoms with van der Waals surface area (Å²) in [6, 6.07) is 0. The molecule has 0 radical (unpaired) electrons. The van der Waals surface area contributed by atoms with Crippen molar-refractivity contribution in [2.24, 2.45) is 40.4 Å². The number of fused-ring (bicyclic) bond motifs is 2. The lowest BCUT2D eigenvalue weighted by Gasteiger charge is -2.79. The molecule has 8 unspecified atom stereocenters. The van der Waals surface area contributed by atoms with Crippen LogP contribution in [-0.4, -0.2) is 10.7 Å². The Balaban J connectivity index is 1.66. The van der Waals surface area contributed by atoms with Crippen LogP contribution < -0.4 is 0 Å². The monoisotopic (exact) mass is 294 g/mol. The number of aliphatic hydroxyl groups is 1. The van der Waals surface area contributed by atoms with Crippen LogP contribution in [0.2, 0.25) is 0 Å². The third-order valence-electron chi connectivity index (χ3n) is 9.67. The first-order chi connectivity index (χ1) is 10.7. The highest BCUT2D eigenvalue weighted by molar-refractivity contribution is 5.50. The molecule has 8 aliphatic rings. The standard InChI is InChI=1S/C21H26O/c22-21-9-2-6-14-15-12-4-1-5-13(16(15)21)11-20-8-3-7-19(20,10-12)17(14)18(20)21/h10-11,14-18,22H,1-9H2. The molecule has 6 saturated carbocycles. The minimum atomic E-state index is -0.329. The van der Waals surface area contributed by atoms with Crippen molar-refractivity contribution in [3.05, 3.63) is 23.3 Å². The molecule has 8 rings (SSSR count). The molecule has 6 fully saturated rings. The van der Waals surface area contributed by atoms with E-state index in [0.717, 1.165) is 24.2 Å². The van der Waals surface area contributed by atoms with E-state index in [-0.39, 0.29) is 5.60 Å². The Kier molecular flexibility index (Phi) is 1.71. The zero-order valence-electron chi connectivity index (χ0n) is 13.4. The lowest BCUT2D eigenvalue weighted by molar-refractivity contribution is -0.295. The number of allylic oxidation sites excluding steroid dienone is 3. The van der Waals surface area contributed by atoms with E-state index in [4.69, 9.17) is 0 Å². The maximum atomic E-state index is 12.0. The molecule has 116 valence electrons. The van der Waals surface area contributed by atoms with Crippen molar-refractivity contribution in [3.8, 4) is 0 Å². The van der Waals surface area contributed by atoms with E-state index >= 15 is 0 Å². The van der Waals surface area contributed by atoms with Crippen LogP contribution in [0.1, 0.15) is 57.8 Å². The van der Waals surface area contributed by atoms with Gasteiger partial charge in [0, 0.05) is 22.7 Å². The molecule has 1 nitrogen and oxygen atoms in total. The van der Waals surface area contributed by atoms with E-state index in [1.165, 1.54) is 51.4 Å². The second-order valence-corrected chi connectivity index (χ2v) is 9.78. The Morgan fingerprint density at radius 3 is 2.68 bits per heavy atom. The van der Waals surface area contributed by atoms with Crippen LogP contribution in [0.4, 0.5) is 0 Å². The van der Waals surface area contributed by atoms with Gasteiger partial charge in [-0.1, -0.05) is 36.1 Å². The summed E-state index contributed by atoms with van der Waals surface area (Å²) in [7, 11) is 0. The molecule has 6 bridgehead atoms. The molecule has 0 aromatic heterocycles. The molecule has 8 atom stereocenters. The number of hydrogen-bond donors (Lipinski definition) is 1. The fourth-order valence-corrected chi connectivity index (χ4v) is 9.69. The molecule has 2 spiro atoms. The van der Waals surface area contributed by atoms with Crippen LogP contribution in [0, 0.1) is 40.4 Å². The topological polar surface area (TPSA) is 20.2 Å². The van der Waals surface area contributed by atoms with Crippen molar-refractivity contribution in [2.75, 3.05) is 0 Å². The molecular weight excluding hydrogens is 268 g/mol. The quantitative estimate of drug-likeness (QED) is 0.663. The van der Waals surface area contributed by atoms with E-state index in [1.54, 1.807) is 11.1 Å². The normalized spacial score (nSPS) is 65.4. The Morgan fingerprint density at radius 1 is 0.909 bits per heavy atom. The van der Waals surface area contributed by atoms with Crippen LogP contribution in [0.15, 0.2) is 23.3 Å². The van der Waals surface area contributed by atoms with Gasteiger partial charge in [-0.05, 0) is 62.7 Å². The van der Waals surface area contributed by atoms with Gasteiger partial charge in [0.1, 0.15) is 0 Å². The Morgan fingerprint density at radius 2 is 1.73 bits per heavy atom. The highest BCUT2D eigenvalue weighted by Crippen LogP contribution is 2.87. The van der Waals surface area contributed by atoms with Crippen LogP contribution in [0.25, 0.3) is 0 Å². The molecule has 1 heteroatoms. The van der Waals surface area contributed by atoms with Gasteiger partial charge < -0.3 is 5.11 Å². The summed E-state index contributed by atoms with van der Waals surface area (Å²) in [5.74, 6) is 3.62. The summed E-state index contributed by atoms with van der Waals surface area (Å²) < 4.78 is 0. The highest BCUT2D eigenvalue weighted by Gasteiger charge is 2.84. The minimum absolute atomic E-state index is 0.329. The summed E-state index contributed by atoms with van der Waals surface area (Å²) in [4.78, 5) is 0. The van der Waals surface area contributed by atoms with Crippen molar-refractivity contribution in [1.29, 1.82) is 0 Å². The largest absolute Gasteiger partial charge is 0.389 e. The van der Waals surface area contributed by atoms with Crippen molar-refractivity contribution in [3.63, 3.8) is 0 Å². The number of rotatable bonds is 0. The molecule has 0 aliphatic heterocycles. The molecule has 0 aromatic carbocycles. The van der Waals surface area contributed by atoms with Gasteiger partial charge in [-0.15, -0.1) is 0 Å². The van der Waals surface area contributed by atoms with E-state index in [9.17, 15) is 5.11 Å². The SMILES string of the molecule is OC12CCCC3C4C5=CC67CCCC6(C=C(CCC5)C41)C2C37. The van der Waals surface area contributed by atoms with Crippen LogP contribution >= 0.6 is 0 Å². The maximum Gasteiger partial charge on any atom is 0.0758 e. The fourth-order valence-electron chi connectivity index (χ4n) is 9.69. The van der Waals surface area contributed by atoms with Gasteiger partial charge >= 0.3 is 0 Å². The van der Waals surface area contributed by atoms with Crippen LogP contribution in [0.5, 0.6) is 0 Å². The van der Waals surface area contributed by atoms with Gasteiger partial charge in [0.25, 0.3) is 0 Å². The summed E-state index contributed by atoms with van der Waals surface area (Å²) in [5, 5.41) is 12.0. The van der Waals surface area contributed by atoms with Gasteiger partial charge in [0.2, 0.25) is 0 Å². The predicted octanol–water partition coefficient (Wildman–Crippen LogP) is 4.23. The second-order valence-electron chi connectivity index (χ2n) is 9.78. The Bertz CT molecular complexity index is 673. The number of hydrogen-bond acceptors (Lipinski definition) is 1. The third kappa shape index (κ3) is 0.865. The van der Waals surface area contributed by atoms with Crippen molar-refractivity contribution < 1.29 is 5.11 Å². The van der Waals surface area contributed by atoms with Crippen molar-refractivity contribution in [2.45, 2.75) is 63.4 Å². The molecule has 22 heavy (non-hydrogen) atoms. The van der Waals surface area contributed by atoms with Crippen molar-refractivity contribution >= 4 is 0 Å². The lowest BCUT2D eigenvalue weighted by atomic mass is 9.25. The maximum absolute atomic E-state index is 12.0. The summed E-state index contributed by atoms with van der Waals surface area (Å²) in [6.45, 7) is 0.